The summed E-state index contributed by atoms with van der Waals surface area (Å²) in [5.41, 5.74) is 3.10. The summed E-state index contributed by atoms with van der Waals surface area (Å²) in [6.45, 7) is 1.60. The van der Waals surface area contributed by atoms with E-state index in [4.69, 9.17) is 9.47 Å². The molecule has 3 aromatic rings. The summed E-state index contributed by atoms with van der Waals surface area (Å²) in [4.78, 5) is 11.5. The normalized spacial score (nSPS) is 11.7. The van der Waals surface area contributed by atoms with Crippen LogP contribution in [-0.4, -0.2) is 19.5 Å². The van der Waals surface area contributed by atoms with Crippen LogP contribution < -0.4 is 4.74 Å². The highest BCUT2D eigenvalue weighted by molar-refractivity contribution is 5.68. The van der Waals surface area contributed by atoms with Gasteiger partial charge in [-0.2, -0.15) is 0 Å². The third-order valence-corrected chi connectivity index (χ3v) is 4.14. The SMILES string of the molecule is O=CC(c1ccccc1)c1ccc(OCCOCc2ccccc2)cc1. The van der Waals surface area contributed by atoms with Gasteiger partial charge in [0.25, 0.3) is 0 Å². The van der Waals surface area contributed by atoms with Gasteiger partial charge in [-0.15, -0.1) is 0 Å². The Morgan fingerprint density at radius 1 is 0.731 bits per heavy atom. The van der Waals surface area contributed by atoms with Crippen molar-refractivity contribution in [3.8, 4) is 5.75 Å². The summed E-state index contributed by atoms with van der Waals surface area (Å²) in [6.07, 6.45) is 0.975. The molecule has 1 atom stereocenters. The maximum absolute atomic E-state index is 11.5. The van der Waals surface area contributed by atoms with Crippen molar-refractivity contribution < 1.29 is 14.3 Å². The minimum atomic E-state index is -0.251. The molecule has 0 aliphatic carbocycles. The molecule has 0 bridgehead atoms. The van der Waals surface area contributed by atoms with Crippen molar-refractivity contribution in [3.05, 3.63) is 102 Å². The number of hydrogen-bond donors (Lipinski definition) is 0. The van der Waals surface area contributed by atoms with Crippen molar-refractivity contribution in [1.29, 1.82) is 0 Å². The molecule has 3 nitrogen and oxygen atoms in total. The molecule has 0 saturated carbocycles. The molecule has 1 unspecified atom stereocenters. The quantitative estimate of drug-likeness (QED) is 0.419. The smallest absolute Gasteiger partial charge is 0.131 e. The lowest BCUT2D eigenvalue weighted by Crippen LogP contribution is -2.07. The first-order valence-electron chi connectivity index (χ1n) is 8.71. The molecule has 0 heterocycles. The molecule has 0 N–H and O–H groups in total. The summed E-state index contributed by atoms with van der Waals surface area (Å²) < 4.78 is 11.3. The summed E-state index contributed by atoms with van der Waals surface area (Å²) in [7, 11) is 0. The molecule has 3 rings (SSSR count). The number of carbonyl (C=O) groups is 1. The topological polar surface area (TPSA) is 35.5 Å². The van der Waals surface area contributed by atoms with Crippen LogP contribution in [-0.2, 0) is 16.1 Å². The fraction of sp³-hybridized carbons (Fsp3) is 0.174. The van der Waals surface area contributed by atoms with Gasteiger partial charge in [-0.05, 0) is 28.8 Å². The van der Waals surface area contributed by atoms with Gasteiger partial charge in [0.2, 0.25) is 0 Å². The Labute approximate surface area is 154 Å². The van der Waals surface area contributed by atoms with Crippen molar-refractivity contribution in [3.63, 3.8) is 0 Å². The van der Waals surface area contributed by atoms with Gasteiger partial charge in [-0.1, -0.05) is 72.8 Å². The molecule has 0 aliphatic rings. The van der Waals surface area contributed by atoms with Crippen LogP contribution in [0.2, 0.25) is 0 Å². The Kier molecular flexibility index (Phi) is 6.57. The molecule has 3 aromatic carbocycles. The van der Waals surface area contributed by atoms with E-state index < -0.39 is 0 Å². The summed E-state index contributed by atoms with van der Waals surface area (Å²) in [6, 6.07) is 27.5. The van der Waals surface area contributed by atoms with Crippen LogP contribution in [0.1, 0.15) is 22.6 Å². The Morgan fingerprint density at radius 3 is 2.00 bits per heavy atom. The van der Waals surface area contributed by atoms with Crippen LogP contribution in [0.15, 0.2) is 84.9 Å². The Hall–Kier alpha value is -2.91. The number of aldehydes is 1. The number of rotatable bonds is 9. The minimum absolute atomic E-state index is 0.251. The van der Waals surface area contributed by atoms with E-state index in [0.717, 1.165) is 28.7 Å². The maximum Gasteiger partial charge on any atom is 0.131 e. The molecule has 132 valence electrons. The molecule has 0 amide bonds. The van der Waals surface area contributed by atoms with Gasteiger partial charge in [-0.3, -0.25) is 0 Å². The van der Waals surface area contributed by atoms with Crippen molar-refractivity contribution in [2.45, 2.75) is 12.5 Å². The highest BCUT2D eigenvalue weighted by Crippen LogP contribution is 2.24. The molecule has 0 radical (unpaired) electrons. The third kappa shape index (κ3) is 5.04. The predicted octanol–water partition coefficient (Wildman–Crippen LogP) is 4.61. The lowest BCUT2D eigenvalue weighted by molar-refractivity contribution is -0.108. The number of ether oxygens (including phenoxy) is 2. The van der Waals surface area contributed by atoms with Crippen molar-refractivity contribution >= 4 is 6.29 Å². The van der Waals surface area contributed by atoms with Gasteiger partial charge in [0.05, 0.1) is 19.1 Å². The van der Waals surface area contributed by atoms with E-state index in [2.05, 4.69) is 0 Å². The van der Waals surface area contributed by atoms with E-state index in [0.29, 0.717) is 19.8 Å². The van der Waals surface area contributed by atoms with Crippen molar-refractivity contribution in [1.82, 2.24) is 0 Å². The summed E-state index contributed by atoms with van der Waals surface area (Å²) in [5.74, 6) is 0.522. The highest BCUT2D eigenvalue weighted by Gasteiger charge is 2.12. The molecule has 0 spiro atoms. The van der Waals surface area contributed by atoms with Gasteiger partial charge < -0.3 is 14.3 Å². The molecule has 0 saturated heterocycles. The first kappa shape index (κ1) is 17.9. The van der Waals surface area contributed by atoms with Crippen molar-refractivity contribution in [2.75, 3.05) is 13.2 Å². The lowest BCUT2D eigenvalue weighted by atomic mass is 9.93. The fourth-order valence-electron chi connectivity index (χ4n) is 2.76. The predicted molar refractivity (Wildman–Crippen MR) is 102 cm³/mol. The molecule has 0 aliphatic heterocycles. The summed E-state index contributed by atoms with van der Waals surface area (Å²) >= 11 is 0. The van der Waals surface area contributed by atoms with Crippen LogP contribution in [0, 0.1) is 0 Å². The number of carbonyl (C=O) groups excluding carboxylic acids is 1. The summed E-state index contributed by atoms with van der Waals surface area (Å²) in [5, 5.41) is 0. The standard InChI is InChI=1S/C23H22O3/c24-17-23(20-9-5-2-6-10-20)21-11-13-22(14-12-21)26-16-15-25-18-19-7-3-1-4-8-19/h1-14,17,23H,15-16,18H2. The number of benzene rings is 3. The van der Waals surface area contributed by atoms with E-state index in [1.165, 1.54) is 0 Å². The monoisotopic (exact) mass is 346 g/mol. The zero-order chi connectivity index (χ0) is 18.0. The highest BCUT2D eigenvalue weighted by atomic mass is 16.5. The molecule has 3 heteroatoms. The molecule has 0 aromatic heterocycles. The van der Waals surface area contributed by atoms with E-state index in [-0.39, 0.29) is 5.92 Å². The van der Waals surface area contributed by atoms with E-state index in [9.17, 15) is 4.79 Å². The molecular formula is C23H22O3. The van der Waals surface area contributed by atoms with Crippen LogP contribution in [0.5, 0.6) is 5.75 Å². The fourth-order valence-corrected chi connectivity index (χ4v) is 2.76. The second-order valence-corrected chi connectivity index (χ2v) is 5.98. The Balaban J connectivity index is 1.47. The zero-order valence-corrected chi connectivity index (χ0v) is 14.6. The average molecular weight is 346 g/mol. The van der Waals surface area contributed by atoms with Crippen LogP contribution in [0.4, 0.5) is 0 Å². The maximum atomic E-state index is 11.5. The Bertz CT molecular complexity index is 783. The van der Waals surface area contributed by atoms with E-state index in [1.807, 2.05) is 84.9 Å². The third-order valence-electron chi connectivity index (χ3n) is 4.14. The first-order chi connectivity index (χ1) is 12.9. The second-order valence-electron chi connectivity index (χ2n) is 5.98. The second kappa shape index (κ2) is 9.54. The average Bonchev–Trinajstić information content (AvgIpc) is 2.71. The zero-order valence-electron chi connectivity index (χ0n) is 14.6. The van der Waals surface area contributed by atoms with Gasteiger partial charge in [0.15, 0.2) is 0 Å². The molecule has 0 fully saturated rings. The first-order valence-corrected chi connectivity index (χ1v) is 8.71. The van der Waals surface area contributed by atoms with Gasteiger partial charge in [0, 0.05) is 0 Å². The van der Waals surface area contributed by atoms with Gasteiger partial charge >= 0.3 is 0 Å². The molecule has 26 heavy (non-hydrogen) atoms. The van der Waals surface area contributed by atoms with Crippen molar-refractivity contribution in [2.24, 2.45) is 0 Å². The minimum Gasteiger partial charge on any atom is -0.491 e. The van der Waals surface area contributed by atoms with E-state index in [1.54, 1.807) is 0 Å². The Morgan fingerprint density at radius 2 is 1.35 bits per heavy atom. The van der Waals surface area contributed by atoms with Crippen LogP contribution in [0.25, 0.3) is 0 Å². The van der Waals surface area contributed by atoms with Crippen LogP contribution in [0.3, 0.4) is 0 Å². The number of hydrogen-bond acceptors (Lipinski definition) is 3. The van der Waals surface area contributed by atoms with Gasteiger partial charge in [0.1, 0.15) is 18.6 Å². The van der Waals surface area contributed by atoms with Gasteiger partial charge in [-0.25, -0.2) is 0 Å². The van der Waals surface area contributed by atoms with Crippen LogP contribution >= 0.6 is 0 Å². The molecular weight excluding hydrogens is 324 g/mol. The van der Waals surface area contributed by atoms with E-state index >= 15 is 0 Å². The largest absolute Gasteiger partial charge is 0.491 e. The lowest BCUT2D eigenvalue weighted by Gasteiger charge is -2.12.